The number of hydrogen-bond acceptors (Lipinski definition) is 3. The van der Waals surface area contributed by atoms with Crippen molar-refractivity contribution >= 4 is 5.70 Å². The molecule has 1 aliphatic rings. The summed E-state index contributed by atoms with van der Waals surface area (Å²) in [4.78, 5) is 2.02. The maximum atomic E-state index is 8.65. The van der Waals surface area contributed by atoms with Gasteiger partial charge in [-0.05, 0) is 12.1 Å². The highest BCUT2D eigenvalue weighted by Crippen LogP contribution is 2.22. The summed E-state index contributed by atoms with van der Waals surface area (Å²) >= 11 is 0. The van der Waals surface area contributed by atoms with Crippen molar-refractivity contribution in [3.8, 4) is 6.07 Å². The molecule has 70 valence electrons. The quantitative estimate of drug-likeness (QED) is 0.670. The summed E-state index contributed by atoms with van der Waals surface area (Å²) in [5, 5.41) is 8.65. The molecule has 0 saturated heterocycles. The van der Waals surface area contributed by atoms with E-state index in [4.69, 9.17) is 10.00 Å². The van der Waals surface area contributed by atoms with Crippen LogP contribution < -0.4 is 0 Å². The average Bonchev–Trinajstić information content (AvgIpc) is 2.65. The summed E-state index contributed by atoms with van der Waals surface area (Å²) in [7, 11) is 1.97. The Morgan fingerprint density at radius 3 is 2.57 bits per heavy atom. The molecule has 14 heavy (non-hydrogen) atoms. The number of hydrogen-bond donors (Lipinski definition) is 0. The molecular weight excluding hydrogens is 176 g/mol. The lowest BCUT2D eigenvalue weighted by molar-refractivity contribution is 0.194. The predicted octanol–water partition coefficient (Wildman–Crippen LogP) is 1.78. The van der Waals surface area contributed by atoms with Gasteiger partial charge in [0.05, 0.1) is 17.3 Å². The Bertz CT molecular complexity index is 400. The monoisotopic (exact) mass is 186 g/mol. The Hall–Kier alpha value is -1.95. The van der Waals surface area contributed by atoms with Crippen molar-refractivity contribution in [2.75, 3.05) is 13.8 Å². The minimum Gasteiger partial charge on any atom is -0.479 e. The second kappa shape index (κ2) is 3.43. The molecule has 0 N–H and O–H groups in total. The van der Waals surface area contributed by atoms with E-state index in [0.29, 0.717) is 12.3 Å². The minimum absolute atomic E-state index is 0.593. The van der Waals surface area contributed by atoms with Gasteiger partial charge in [-0.3, -0.25) is 0 Å². The molecule has 1 aromatic carbocycles. The Labute approximate surface area is 82.8 Å². The van der Waals surface area contributed by atoms with Gasteiger partial charge in [-0.2, -0.15) is 5.26 Å². The Kier molecular flexibility index (Phi) is 2.11. The molecule has 0 radical (unpaired) electrons. The van der Waals surface area contributed by atoms with E-state index in [-0.39, 0.29) is 0 Å². The van der Waals surface area contributed by atoms with Crippen LogP contribution in [0.3, 0.4) is 0 Å². The molecule has 0 unspecified atom stereocenters. The standard InChI is InChI=1S/C11H10N2O/c1-13-8-14-7-11(13)10-4-2-9(6-12)3-5-10/h2-5,7H,8H2,1H3. The second-order valence-electron chi connectivity index (χ2n) is 3.19. The third kappa shape index (κ3) is 1.42. The molecule has 1 aromatic rings. The second-order valence-corrected chi connectivity index (χ2v) is 3.19. The van der Waals surface area contributed by atoms with Crippen molar-refractivity contribution in [2.45, 2.75) is 0 Å². The van der Waals surface area contributed by atoms with Crippen molar-refractivity contribution < 1.29 is 4.74 Å². The number of benzene rings is 1. The third-order valence-corrected chi connectivity index (χ3v) is 2.18. The highest BCUT2D eigenvalue weighted by atomic mass is 16.5. The molecule has 3 heteroatoms. The van der Waals surface area contributed by atoms with Crippen LogP contribution in [0.25, 0.3) is 5.70 Å². The fraction of sp³-hybridized carbons (Fsp3) is 0.182. The van der Waals surface area contributed by atoms with Gasteiger partial charge in [0.2, 0.25) is 0 Å². The van der Waals surface area contributed by atoms with Crippen LogP contribution in [0.5, 0.6) is 0 Å². The van der Waals surface area contributed by atoms with Gasteiger partial charge >= 0.3 is 0 Å². The van der Waals surface area contributed by atoms with Gasteiger partial charge in [0, 0.05) is 12.6 Å². The van der Waals surface area contributed by atoms with Crippen LogP contribution in [0.15, 0.2) is 30.5 Å². The summed E-state index contributed by atoms with van der Waals surface area (Å²) in [5.74, 6) is 0. The van der Waals surface area contributed by atoms with Gasteiger partial charge in [0.15, 0.2) is 6.73 Å². The van der Waals surface area contributed by atoms with E-state index in [9.17, 15) is 0 Å². The molecule has 3 nitrogen and oxygen atoms in total. The number of rotatable bonds is 1. The lowest BCUT2D eigenvalue weighted by Gasteiger charge is -2.12. The molecule has 1 aliphatic heterocycles. The van der Waals surface area contributed by atoms with E-state index >= 15 is 0 Å². The van der Waals surface area contributed by atoms with Gasteiger partial charge in [-0.15, -0.1) is 0 Å². The van der Waals surface area contributed by atoms with Crippen LogP contribution in [0.2, 0.25) is 0 Å². The van der Waals surface area contributed by atoms with Crippen LogP contribution in [0.4, 0.5) is 0 Å². The SMILES string of the molecule is CN1COC=C1c1ccc(C#N)cc1. The van der Waals surface area contributed by atoms with E-state index in [2.05, 4.69) is 6.07 Å². The molecular formula is C11H10N2O. The maximum Gasteiger partial charge on any atom is 0.160 e. The Morgan fingerprint density at radius 1 is 1.36 bits per heavy atom. The van der Waals surface area contributed by atoms with Gasteiger partial charge in [0.1, 0.15) is 6.26 Å². The number of nitriles is 1. The molecule has 0 spiro atoms. The predicted molar refractivity (Wildman–Crippen MR) is 52.8 cm³/mol. The topological polar surface area (TPSA) is 36.3 Å². The van der Waals surface area contributed by atoms with Crippen molar-refractivity contribution in [2.24, 2.45) is 0 Å². The van der Waals surface area contributed by atoms with E-state index in [1.165, 1.54) is 0 Å². The minimum atomic E-state index is 0.593. The van der Waals surface area contributed by atoms with E-state index in [1.54, 1.807) is 6.26 Å². The van der Waals surface area contributed by atoms with Crippen LogP contribution in [-0.4, -0.2) is 18.7 Å². The summed E-state index contributed by atoms with van der Waals surface area (Å²) in [6.07, 6.45) is 1.74. The third-order valence-electron chi connectivity index (χ3n) is 2.18. The van der Waals surface area contributed by atoms with Crippen molar-refractivity contribution in [1.29, 1.82) is 5.26 Å². The summed E-state index contributed by atoms with van der Waals surface area (Å²) in [6, 6.07) is 9.56. The summed E-state index contributed by atoms with van der Waals surface area (Å²) in [5.41, 5.74) is 2.80. The lowest BCUT2D eigenvalue weighted by Crippen LogP contribution is -2.12. The molecule has 2 rings (SSSR count). The zero-order valence-corrected chi connectivity index (χ0v) is 7.90. The zero-order valence-electron chi connectivity index (χ0n) is 7.90. The molecule has 1 heterocycles. The Balaban J connectivity index is 2.30. The van der Waals surface area contributed by atoms with Crippen molar-refractivity contribution in [3.63, 3.8) is 0 Å². The highest BCUT2D eigenvalue weighted by molar-refractivity contribution is 5.64. The van der Waals surface area contributed by atoms with Crippen LogP contribution in [0, 0.1) is 11.3 Å². The molecule has 0 amide bonds. The molecule has 0 fully saturated rings. The molecule has 0 aliphatic carbocycles. The zero-order chi connectivity index (χ0) is 9.97. The van der Waals surface area contributed by atoms with Gasteiger partial charge < -0.3 is 9.64 Å². The van der Waals surface area contributed by atoms with Crippen molar-refractivity contribution in [1.82, 2.24) is 4.90 Å². The number of nitrogens with zero attached hydrogens (tertiary/aromatic N) is 2. The van der Waals surface area contributed by atoms with E-state index < -0.39 is 0 Å². The van der Waals surface area contributed by atoms with Gasteiger partial charge in [0.25, 0.3) is 0 Å². The molecule has 0 saturated carbocycles. The summed E-state index contributed by atoms with van der Waals surface area (Å²) < 4.78 is 5.18. The largest absolute Gasteiger partial charge is 0.479 e. The lowest BCUT2D eigenvalue weighted by atomic mass is 10.1. The first-order valence-electron chi connectivity index (χ1n) is 4.35. The molecule has 0 atom stereocenters. The van der Waals surface area contributed by atoms with Crippen LogP contribution in [-0.2, 0) is 4.74 Å². The first-order valence-corrected chi connectivity index (χ1v) is 4.35. The van der Waals surface area contributed by atoms with Crippen LogP contribution in [0.1, 0.15) is 11.1 Å². The average molecular weight is 186 g/mol. The number of ether oxygens (including phenoxy) is 1. The van der Waals surface area contributed by atoms with Crippen molar-refractivity contribution in [3.05, 3.63) is 41.7 Å². The van der Waals surface area contributed by atoms with Gasteiger partial charge in [-0.25, -0.2) is 0 Å². The fourth-order valence-corrected chi connectivity index (χ4v) is 1.39. The molecule has 0 bridgehead atoms. The summed E-state index contributed by atoms with van der Waals surface area (Å²) in [6.45, 7) is 0.593. The first-order chi connectivity index (χ1) is 6.81. The highest BCUT2D eigenvalue weighted by Gasteiger charge is 2.13. The van der Waals surface area contributed by atoms with Crippen LogP contribution >= 0.6 is 0 Å². The smallest absolute Gasteiger partial charge is 0.160 e. The fourth-order valence-electron chi connectivity index (χ4n) is 1.39. The Morgan fingerprint density at radius 2 is 2.07 bits per heavy atom. The van der Waals surface area contributed by atoms with E-state index in [0.717, 1.165) is 11.3 Å². The molecule has 0 aromatic heterocycles. The van der Waals surface area contributed by atoms with E-state index in [1.807, 2.05) is 36.2 Å². The normalized spacial score (nSPS) is 14.6. The first kappa shape index (κ1) is 8.64. The van der Waals surface area contributed by atoms with Gasteiger partial charge in [-0.1, -0.05) is 12.1 Å². The maximum absolute atomic E-state index is 8.65.